The highest BCUT2D eigenvalue weighted by atomic mass is 19.4. The molecule has 3 fully saturated rings. The molecule has 5 rings (SSSR count). The number of pyridine rings is 1. The first-order chi connectivity index (χ1) is 21.7. The fourth-order valence-electron chi connectivity index (χ4n) is 6.03. The van der Waals surface area contributed by atoms with Crippen LogP contribution in [0.3, 0.4) is 0 Å². The van der Waals surface area contributed by atoms with Gasteiger partial charge in [0.25, 0.3) is 11.7 Å². The number of hydrogen-bond acceptors (Lipinski definition) is 6. The van der Waals surface area contributed by atoms with Crippen LogP contribution < -0.4 is 4.90 Å². The van der Waals surface area contributed by atoms with Gasteiger partial charge in [-0.2, -0.15) is 76.0 Å². The van der Waals surface area contributed by atoms with Crippen LogP contribution in [0.1, 0.15) is 5.56 Å². The Labute approximate surface area is 255 Å². The van der Waals surface area contributed by atoms with Crippen molar-refractivity contribution in [2.45, 2.75) is 53.8 Å². The summed E-state index contributed by atoms with van der Waals surface area (Å²) in [6.45, 7) is -2.68. The van der Waals surface area contributed by atoms with Crippen LogP contribution >= 0.6 is 0 Å². The fourth-order valence-corrected chi connectivity index (χ4v) is 6.03. The fraction of sp³-hybridized carbons (Fsp3) is 0.480. The van der Waals surface area contributed by atoms with E-state index in [9.17, 15) is 76.7 Å². The molecule has 2 bridgehead atoms. The van der Waals surface area contributed by atoms with Crippen molar-refractivity contribution >= 4 is 34.3 Å². The van der Waals surface area contributed by atoms with E-state index in [1.807, 2.05) is 0 Å². The molecular weight excluding hydrogens is 703 g/mol. The van der Waals surface area contributed by atoms with E-state index >= 15 is 8.78 Å². The molecule has 3 aliphatic rings. The van der Waals surface area contributed by atoms with Gasteiger partial charge in [0.15, 0.2) is 12.1 Å². The predicted molar refractivity (Wildman–Crippen MR) is 124 cm³/mol. The Kier molecular flexibility index (Phi) is 7.26. The number of alkyl halides is 15. The molecule has 0 radical (unpaired) electrons. The number of fused-ring (bicyclic) bond motifs is 2. The summed E-state index contributed by atoms with van der Waals surface area (Å²) in [6.07, 6.45) is -6.60. The Morgan fingerprint density at radius 3 is 1.94 bits per heavy atom. The number of halogens is 15. The summed E-state index contributed by atoms with van der Waals surface area (Å²) in [6, 6.07) is -0.204. The van der Waals surface area contributed by atoms with Gasteiger partial charge in [-0.05, 0) is 24.3 Å². The molecular formula is C25H13F15N5O3+. The maximum Gasteiger partial charge on any atom is 0.460 e. The van der Waals surface area contributed by atoms with Crippen LogP contribution in [0.5, 0.6) is 0 Å². The molecule has 0 saturated carbocycles. The molecule has 260 valence electrons. The Morgan fingerprint density at radius 2 is 1.38 bits per heavy atom. The SMILES string of the molecule is N#Cc1ccc(N2C(=O)C3CN4CC(C(=O)C(F)(F)C(F)(F)C(F)(F)C(F)(F)C(F)(F)C(F)(F)C(F)(F)F)[N+]3(C4)C2=O)c2cccnc12. The lowest BCUT2D eigenvalue weighted by Gasteiger charge is -2.42. The summed E-state index contributed by atoms with van der Waals surface area (Å²) in [5.74, 6) is -53.9. The number of imide groups is 1. The number of carbonyl (C=O) groups is 3. The van der Waals surface area contributed by atoms with Gasteiger partial charge in [0, 0.05) is 11.6 Å². The minimum Gasteiger partial charge on any atom is -0.286 e. The van der Waals surface area contributed by atoms with Crippen LogP contribution in [0.25, 0.3) is 10.9 Å². The second-order valence-electron chi connectivity index (χ2n) is 11.0. The lowest BCUT2D eigenvalue weighted by atomic mass is 9.87. The number of hydrogen-bond donors (Lipinski definition) is 0. The van der Waals surface area contributed by atoms with Crippen LogP contribution in [0, 0.1) is 11.3 Å². The van der Waals surface area contributed by atoms with Gasteiger partial charge < -0.3 is 0 Å². The van der Waals surface area contributed by atoms with E-state index in [0.29, 0.717) is 0 Å². The first-order valence-corrected chi connectivity index (χ1v) is 12.8. The third kappa shape index (κ3) is 3.95. The van der Waals surface area contributed by atoms with Crippen LogP contribution in [0.4, 0.5) is 76.3 Å². The van der Waals surface area contributed by atoms with Crippen molar-refractivity contribution < 1.29 is 84.7 Å². The molecule has 48 heavy (non-hydrogen) atoms. The van der Waals surface area contributed by atoms with E-state index in [1.165, 1.54) is 18.3 Å². The number of benzene rings is 1. The topological polar surface area (TPSA) is 94.4 Å². The average molecular weight is 716 g/mol. The lowest BCUT2D eigenvalue weighted by Crippen LogP contribution is -2.75. The molecule has 4 unspecified atom stereocenters. The Morgan fingerprint density at radius 1 is 0.812 bits per heavy atom. The molecule has 3 saturated heterocycles. The smallest absolute Gasteiger partial charge is 0.286 e. The zero-order valence-corrected chi connectivity index (χ0v) is 22.8. The second kappa shape index (κ2) is 9.93. The quantitative estimate of drug-likeness (QED) is 0.208. The summed E-state index contributed by atoms with van der Waals surface area (Å²) < 4.78 is 205. The number of aromatic nitrogens is 1. The van der Waals surface area contributed by atoms with Gasteiger partial charge in [-0.3, -0.25) is 14.6 Å². The molecule has 4 atom stereocenters. The third-order valence-electron chi connectivity index (χ3n) is 8.51. The van der Waals surface area contributed by atoms with Crippen molar-refractivity contribution in [3.8, 4) is 6.07 Å². The number of quaternary nitrogens is 1. The Hall–Kier alpha value is -4.20. The lowest BCUT2D eigenvalue weighted by molar-refractivity contribution is -0.853. The number of rotatable bonds is 8. The van der Waals surface area contributed by atoms with Crippen LogP contribution in [-0.2, 0) is 9.59 Å². The van der Waals surface area contributed by atoms with Crippen LogP contribution in [0.15, 0.2) is 30.5 Å². The first kappa shape index (κ1) is 35.1. The van der Waals surface area contributed by atoms with Crippen molar-refractivity contribution in [2.75, 3.05) is 24.7 Å². The molecule has 1 aromatic heterocycles. The molecule has 0 N–H and O–H groups in total. The van der Waals surface area contributed by atoms with Crippen molar-refractivity contribution in [1.82, 2.24) is 9.88 Å². The normalized spacial score (nSPS) is 25.5. The van der Waals surface area contributed by atoms with Gasteiger partial charge >= 0.3 is 47.7 Å². The maximum absolute atomic E-state index is 15.1. The van der Waals surface area contributed by atoms with Gasteiger partial charge in [-0.1, -0.05) is 0 Å². The number of carbonyl (C=O) groups excluding carboxylic acids is 3. The zero-order valence-electron chi connectivity index (χ0n) is 22.8. The molecule has 1 aromatic carbocycles. The Bertz CT molecular complexity index is 1790. The predicted octanol–water partition coefficient (Wildman–Crippen LogP) is 5.36. The number of nitrogens with zero attached hydrogens (tertiary/aromatic N) is 5. The minimum absolute atomic E-state index is 0.0909. The van der Waals surface area contributed by atoms with E-state index in [0.717, 1.165) is 17.0 Å². The highest BCUT2D eigenvalue weighted by Gasteiger charge is 2.94. The number of nitriles is 1. The third-order valence-corrected chi connectivity index (χ3v) is 8.51. The largest absolute Gasteiger partial charge is 0.460 e. The number of amides is 3. The summed E-state index contributed by atoms with van der Waals surface area (Å²) in [5, 5.41) is 9.24. The zero-order chi connectivity index (χ0) is 36.4. The molecule has 1 spiro atoms. The van der Waals surface area contributed by atoms with Crippen molar-refractivity contribution in [2.24, 2.45) is 0 Å². The minimum atomic E-state index is -8.60. The number of ketones is 1. The molecule has 23 heteroatoms. The monoisotopic (exact) mass is 716 g/mol. The highest BCUT2D eigenvalue weighted by molar-refractivity contribution is 6.22. The summed E-state index contributed by atoms with van der Waals surface area (Å²) in [7, 11) is 0. The molecule has 3 amide bonds. The highest BCUT2D eigenvalue weighted by Crippen LogP contribution is 2.63. The van der Waals surface area contributed by atoms with Gasteiger partial charge in [0.05, 0.1) is 29.9 Å². The molecule has 8 nitrogen and oxygen atoms in total. The van der Waals surface area contributed by atoms with E-state index in [4.69, 9.17) is 0 Å². The molecule has 2 aromatic rings. The van der Waals surface area contributed by atoms with Crippen molar-refractivity contribution in [3.05, 3.63) is 36.0 Å². The van der Waals surface area contributed by atoms with E-state index in [1.54, 1.807) is 6.07 Å². The van der Waals surface area contributed by atoms with Crippen molar-refractivity contribution in [3.63, 3.8) is 0 Å². The second-order valence-corrected chi connectivity index (χ2v) is 11.0. The van der Waals surface area contributed by atoms with Crippen LogP contribution in [0.2, 0.25) is 0 Å². The number of anilines is 1. The number of urea groups is 1. The van der Waals surface area contributed by atoms with Gasteiger partial charge in [-0.15, -0.1) is 0 Å². The van der Waals surface area contributed by atoms with E-state index in [2.05, 4.69) is 4.98 Å². The first-order valence-electron chi connectivity index (χ1n) is 12.8. The molecule has 0 aliphatic carbocycles. The summed E-state index contributed by atoms with van der Waals surface area (Å²) >= 11 is 0. The van der Waals surface area contributed by atoms with E-state index in [-0.39, 0.29) is 27.1 Å². The van der Waals surface area contributed by atoms with Crippen molar-refractivity contribution in [1.29, 1.82) is 5.26 Å². The van der Waals surface area contributed by atoms with Crippen LogP contribution in [-0.4, -0.2) is 106 Å². The van der Waals surface area contributed by atoms with E-state index < -0.39 is 95.8 Å². The molecule has 3 aliphatic heterocycles. The van der Waals surface area contributed by atoms with Gasteiger partial charge in [-0.25, -0.2) is 14.2 Å². The van der Waals surface area contributed by atoms with Gasteiger partial charge in [0.2, 0.25) is 0 Å². The summed E-state index contributed by atoms with van der Waals surface area (Å²) in [4.78, 5) is 45.2. The standard InChI is InChI=1S/C25H13F15N5O3/c26-19(27,20(28,29)21(30,31)22(32,33)23(34,35)24(36,37)25(38,39)40)16(46)13-7-43-8-14-17(47)44(18(48)45(13,14)9-43)12-4-3-10(6-41)15-11(12)2-1-5-42-15/h1-5,13-14H,7-9H2/q+1. The average Bonchev–Trinajstić information content (AvgIpc) is 3.63. The number of Topliss-reactive ketones (excluding diaryl/α,β-unsaturated/α-hetero) is 1. The van der Waals surface area contributed by atoms with Gasteiger partial charge in [0.1, 0.15) is 12.7 Å². The molecule has 4 heterocycles. The number of piperazine rings is 1. The maximum atomic E-state index is 15.1. The Balaban J connectivity index is 1.56. The summed E-state index contributed by atoms with van der Waals surface area (Å²) in [5.41, 5.74) is -0.586.